The van der Waals surface area contributed by atoms with Gasteiger partial charge in [0.15, 0.2) is 0 Å². The highest BCUT2D eigenvalue weighted by molar-refractivity contribution is 4.65. The van der Waals surface area contributed by atoms with E-state index in [0.717, 1.165) is 18.9 Å². The summed E-state index contributed by atoms with van der Waals surface area (Å²) in [6.45, 7) is 4.99. The molecule has 1 unspecified atom stereocenters. The molecule has 1 aliphatic rings. The molecule has 0 spiro atoms. The molecule has 35 valence electrons. The summed E-state index contributed by atoms with van der Waals surface area (Å²) in [5.74, 6) is 0.769. The molecule has 1 atom stereocenters. The SMILES string of the molecule is CC1C[CH]OC1. The Kier molecular flexibility index (Phi) is 1.10. The van der Waals surface area contributed by atoms with Crippen LogP contribution in [0.15, 0.2) is 0 Å². The topological polar surface area (TPSA) is 9.23 Å². The molecule has 1 radical (unpaired) electrons. The smallest absolute Gasteiger partial charge is 0.0840 e. The van der Waals surface area contributed by atoms with Crippen LogP contribution in [-0.4, -0.2) is 6.61 Å². The summed E-state index contributed by atoms with van der Waals surface area (Å²) < 4.78 is 4.93. The lowest BCUT2D eigenvalue weighted by Gasteiger charge is -1.89. The maximum atomic E-state index is 4.93. The Balaban J connectivity index is 2.18. The van der Waals surface area contributed by atoms with Crippen molar-refractivity contribution in [2.45, 2.75) is 13.3 Å². The van der Waals surface area contributed by atoms with Crippen molar-refractivity contribution in [3.05, 3.63) is 6.61 Å². The van der Waals surface area contributed by atoms with E-state index in [9.17, 15) is 0 Å². The van der Waals surface area contributed by atoms with Gasteiger partial charge in [-0.3, -0.25) is 0 Å². The Morgan fingerprint density at radius 2 is 2.67 bits per heavy atom. The van der Waals surface area contributed by atoms with Gasteiger partial charge in [0.25, 0.3) is 0 Å². The van der Waals surface area contributed by atoms with Crippen LogP contribution in [0.1, 0.15) is 13.3 Å². The van der Waals surface area contributed by atoms with Gasteiger partial charge >= 0.3 is 0 Å². The van der Waals surface area contributed by atoms with Crippen molar-refractivity contribution in [2.24, 2.45) is 5.92 Å². The van der Waals surface area contributed by atoms with Crippen LogP contribution < -0.4 is 0 Å². The van der Waals surface area contributed by atoms with Crippen LogP contribution in [0.4, 0.5) is 0 Å². The minimum absolute atomic E-state index is 0.769. The first-order valence-electron chi connectivity index (χ1n) is 2.33. The molecule has 0 aromatic rings. The van der Waals surface area contributed by atoms with Gasteiger partial charge in [-0.05, 0) is 12.3 Å². The fraction of sp³-hybridized carbons (Fsp3) is 0.800. The van der Waals surface area contributed by atoms with Crippen molar-refractivity contribution in [2.75, 3.05) is 6.61 Å². The first-order valence-corrected chi connectivity index (χ1v) is 2.33. The molecule has 1 heteroatoms. The number of rotatable bonds is 0. The monoisotopic (exact) mass is 85.1 g/mol. The van der Waals surface area contributed by atoms with Crippen molar-refractivity contribution in [1.82, 2.24) is 0 Å². The summed E-state index contributed by atoms with van der Waals surface area (Å²) in [7, 11) is 0. The highest BCUT2D eigenvalue weighted by Gasteiger charge is 2.08. The minimum Gasteiger partial charge on any atom is -0.375 e. The van der Waals surface area contributed by atoms with Gasteiger partial charge in [0, 0.05) is 6.61 Å². The van der Waals surface area contributed by atoms with E-state index in [4.69, 9.17) is 4.74 Å². The molecule has 1 saturated heterocycles. The van der Waals surface area contributed by atoms with E-state index < -0.39 is 0 Å². The third kappa shape index (κ3) is 0.716. The Bertz CT molecular complexity index is 37.2. The molecule has 1 nitrogen and oxygen atoms in total. The maximum absolute atomic E-state index is 4.93. The molecule has 0 bridgehead atoms. The molecule has 0 amide bonds. The van der Waals surface area contributed by atoms with E-state index in [2.05, 4.69) is 6.92 Å². The van der Waals surface area contributed by atoms with E-state index in [1.165, 1.54) is 0 Å². The van der Waals surface area contributed by atoms with Crippen LogP contribution in [0.3, 0.4) is 0 Å². The maximum Gasteiger partial charge on any atom is 0.0840 e. The summed E-state index contributed by atoms with van der Waals surface area (Å²) in [6.07, 6.45) is 1.14. The second-order valence-electron chi connectivity index (χ2n) is 1.84. The Morgan fingerprint density at radius 3 is 2.83 bits per heavy atom. The zero-order valence-electron chi connectivity index (χ0n) is 3.98. The van der Waals surface area contributed by atoms with E-state index in [-0.39, 0.29) is 0 Å². The minimum atomic E-state index is 0.769. The predicted molar refractivity (Wildman–Crippen MR) is 24.0 cm³/mol. The van der Waals surface area contributed by atoms with E-state index in [0.29, 0.717) is 0 Å². The molecular weight excluding hydrogens is 76.1 g/mol. The summed E-state index contributed by atoms with van der Waals surface area (Å²) >= 11 is 0. The van der Waals surface area contributed by atoms with Gasteiger partial charge in [0.1, 0.15) is 0 Å². The van der Waals surface area contributed by atoms with E-state index in [1.54, 1.807) is 0 Å². The lowest BCUT2D eigenvalue weighted by Crippen LogP contribution is -1.88. The summed E-state index contributed by atoms with van der Waals surface area (Å²) in [5, 5.41) is 0. The highest BCUT2D eigenvalue weighted by atomic mass is 16.5. The second kappa shape index (κ2) is 1.61. The van der Waals surface area contributed by atoms with Crippen LogP contribution in [0.25, 0.3) is 0 Å². The molecule has 0 N–H and O–H groups in total. The quantitative estimate of drug-likeness (QED) is 0.429. The fourth-order valence-corrected chi connectivity index (χ4v) is 0.533. The zero-order valence-corrected chi connectivity index (χ0v) is 3.98. The lowest BCUT2D eigenvalue weighted by atomic mass is 10.2. The van der Waals surface area contributed by atoms with Crippen LogP contribution >= 0.6 is 0 Å². The predicted octanol–water partition coefficient (Wildman–Crippen LogP) is 1.20. The largest absolute Gasteiger partial charge is 0.375 e. The third-order valence-corrected chi connectivity index (χ3v) is 0.997. The molecule has 6 heavy (non-hydrogen) atoms. The van der Waals surface area contributed by atoms with Gasteiger partial charge in [-0.25, -0.2) is 0 Å². The van der Waals surface area contributed by atoms with Gasteiger partial charge in [0.2, 0.25) is 0 Å². The van der Waals surface area contributed by atoms with Gasteiger partial charge in [0.05, 0.1) is 6.61 Å². The van der Waals surface area contributed by atoms with Crippen molar-refractivity contribution in [3.8, 4) is 0 Å². The number of ether oxygens (including phenoxy) is 1. The molecule has 1 aliphatic heterocycles. The lowest BCUT2D eigenvalue weighted by molar-refractivity contribution is 0.238. The number of hydrogen-bond acceptors (Lipinski definition) is 1. The Labute approximate surface area is 38.3 Å². The average Bonchev–Trinajstić information content (AvgIpc) is 1.86. The molecule has 1 heterocycles. The zero-order chi connectivity index (χ0) is 4.41. The van der Waals surface area contributed by atoms with Crippen molar-refractivity contribution in [1.29, 1.82) is 0 Å². The summed E-state index contributed by atoms with van der Waals surface area (Å²) in [5.41, 5.74) is 0. The van der Waals surface area contributed by atoms with Crippen LogP contribution in [0.2, 0.25) is 0 Å². The van der Waals surface area contributed by atoms with Crippen LogP contribution in [0.5, 0.6) is 0 Å². The molecule has 0 aromatic heterocycles. The molecule has 0 saturated carbocycles. The Morgan fingerprint density at radius 1 is 1.83 bits per heavy atom. The molecule has 1 fully saturated rings. The average molecular weight is 85.1 g/mol. The van der Waals surface area contributed by atoms with Crippen LogP contribution in [-0.2, 0) is 4.74 Å². The van der Waals surface area contributed by atoms with Crippen molar-refractivity contribution >= 4 is 0 Å². The van der Waals surface area contributed by atoms with Gasteiger partial charge in [-0.1, -0.05) is 6.92 Å². The van der Waals surface area contributed by atoms with Crippen molar-refractivity contribution in [3.63, 3.8) is 0 Å². The summed E-state index contributed by atoms with van der Waals surface area (Å²) in [4.78, 5) is 0. The van der Waals surface area contributed by atoms with Crippen LogP contribution in [0, 0.1) is 12.5 Å². The third-order valence-electron chi connectivity index (χ3n) is 0.997. The first kappa shape index (κ1) is 4.13. The number of hydrogen-bond donors (Lipinski definition) is 0. The van der Waals surface area contributed by atoms with E-state index in [1.807, 2.05) is 6.61 Å². The molecular formula is C5H9O. The van der Waals surface area contributed by atoms with Crippen molar-refractivity contribution < 1.29 is 4.74 Å². The van der Waals surface area contributed by atoms with E-state index >= 15 is 0 Å². The van der Waals surface area contributed by atoms with Gasteiger partial charge in [-0.15, -0.1) is 0 Å². The highest BCUT2D eigenvalue weighted by Crippen LogP contribution is 2.13. The standard InChI is InChI=1S/C5H9O/c1-5-2-3-6-4-5/h3,5H,2,4H2,1H3. The Hall–Kier alpha value is -0.0400. The van der Waals surface area contributed by atoms with Gasteiger partial charge < -0.3 is 4.74 Å². The van der Waals surface area contributed by atoms with Gasteiger partial charge in [-0.2, -0.15) is 0 Å². The summed E-state index contributed by atoms with van der Waals surface area (Å²) in [6, 6.07) is 0. The normalized spacial score (nSPS) is 34.5. The second-order valence-corrected chi connectivity index (χ2v) is 1.84. The molecule has 0 aliphatic carbocycles. The molecule has 0 aromatic carbocycles. The first-order chi connectivity index (χ1) is 2.89. The fourth-order valence-electron chi connectivity index (χ4n) is 0.533. The molecule has 1 rings (SSSR count).